The molecule has 166 valence electrons. The SMILES string of the molecule is C[C@@H]1CN(c2c(CO)cc3c(C(=O)N4CCS(O)(O)CC4)noc3c2F)C[C@H](C)O1. The third-order valence-electron chi connectivity index (χ3n) is 5.53. The number of fused-ring (bicyclic) bond motifs is 1. The van der Waals surface area contributed by atoms with E-state index in [1.54, 1.807) is 6.07 Å². The zero-order valence-electron chi connectivity index (χ0n) is 16.9. The molecule has 3 N–H and O–H groups in total. The van der Waals surface area contributed by atoms with E-state index in [4.69, 9.17) is 9.26 Å². The summed E-state index contributed by atoms with van der Waals surface area (Å²) in [6.07, 6.45) is -0.206. The maximum absolute atomic E-state index is 15.5. The standard InChI is InChI=1S/C19H26FN3O6S/c1-11-8-23(9-12(2)28-11)17-13(10-24)7-14-16(21-29-18(14)15(17)20)19(25)22-3-5-30(26,27)6-4-22/h7,11-12,24,26-27H,3-6,8-10H2,1-2H3/t11-,12+. The highest BCUT2D eigenvalue weighted by Crippen LogP contribution is 2.41. The summed E-state index contributed by atoms with van der Waals surface area (Å²) in [7, 11) is -2.65. The van der Waals surface area contributed by atoms with E-state index in [1.165, 1.54) is 4.90 Å². The average molecular weight is 443 g/mol. The predicted octanol–water partition coefficient (Wildman–Crippen LogP) is 2.28. The molecule has 2 aliphatic rings. The van der Waals surface area contributed by atoms with Gasteiger partial charge in [-0.1, -0.05) is 5.16 Å². The molecule has 4 rings (SSSR count). The first-order valence-corrected chi connectivity index (χ1v) is 11.7. The lowest BCUT2D eigenvalue weighted by molar-refractivity contribution is -0.00550. The van der Waals surface area contributed by atoms with Gasteiger partial charge in [0.25, 0.3) is 5.91 Å². The molecule has 3 heterocycles. The second-order valence-electron chi connectivity index (χ2n) is 7.93. The van der Waals surface area contributed by atoms with E-state index in [0.29, 0.717) is 18.7 Å². The summed E-state index contributed by atoms with van der Waals surface area (Å²) in [4.78, 5) is 16.2. The molecule has 2 fully saturated rings. The number of carbonyl (C=O) groups is 1. The van der Waals surface area contributed by atoms with Gasteiger partial charge in [-0.2, -0.15) is 10.6 Å². The van der Waals surface area contributed by atoms with Crippen molar-refractivity contribution < 1.29 is 32.7 Å². The minimum absolute atomic E-state index is 0.0488. The quantitative estimate of drug-likeness (QED) is 0.661. The van der Waals surface area contributed by atoms with Crippen molar-refractivity contribution in [3.63, 3.8) is 0 Å². The van der Waals surface area contributed by atoms with Crippen LogP contribution >= 0.6 is 10.6 Å². The smallest absolute Gasteiger partial charge is 0.276 e. The third kappa shape index (κ3) is 3.87. The summed E-state index contributed by atoms with van der Waals surface area (Å²) >= 11 is 0. The Bertz CT molecular complexity index is 947. The largest absolute Gasteiger partial charge is 0.392 e. The van der Waals surface area contributed by atoms with Gasteiger partial charge in [0.15, 0.2) is 11.5 Å². The highest BCUT2D eigenvalue weighted by molar-refractivity contribution is 8.24. The van der Waals surface area contributed by atoms with E-state index in [0.717, 1.165) is 0 Å². The van der Waals surface area contributed by atoms with Gasteiger partial charge in [-0.05, 0) is 19.9 Å². The molecule has 0 aliphatic carbocycles. The second-order valence-corrected chi connectivity index (χ2v) is 10.4. The molecule has 0 saturated carbocycles. The van der Waals surface area contributed by atoms with Crippen molar-refractivity contribution in [1.82, 2.24) is 10.1 Å². The fraction of sp³-hybridized carbons (Fsp3) is 0.579. The maximum Gasteiger partial charge on any atom is 0.276 e. The molecule has 1 amide bonds. The fourth-order valence-corrected chi connectivity index (χ4v) is 5.37. The fourth-order valence-electron chi connectivity index (χ4n) is 4.14. The maximum atomic E-state index is 15.5. The summed E-state index contributed by atoms with van der Waals surface area (Å²) in [5.74, 6) is -0.935. The Hall–Kier alpha value is -1.92. The van der Waals surface area contributed by atoms with E-state index in [-0.39, 0.29) is 59.2 Å². The molecule has 2 atom stereocenters. The van der Waals surface area contributed by atoms with Gasteiger partial charge in [-0.15, -0.1) is 0 Å². The van der Waals surface area contributed by atoms with Crippen molar-refractivity contribution in [2.45, 2.75) is 32.7 Å². The van der Waals surface area contributed by atoms with Crippen LogP contribution in [0.5, 0.6) is 0 Å². The summed E-state index contributed by atoms with van der Waals surface area (Å²) in [5, 5.41) is 13.9. The molecule has 2 saturated heterocycles. The predicted molar refractivity (Wildman–Crippen MR) is 111 cm³/mol. The van der Waals surface area contributed by atoms with Crippen LogP contribution < -0.4 is 4.90 Å². The van der Waals surface area contributed by atoms with Crippen LogP contribution in [0.1, 0.15) is 29.9 Å². The Morgan fingerprint density at radius 1 is 1.27 bits per heavy atom. The first kappa shape index (κ1) is 21.3. The van der Waals surface area contributed by atoms with Gasteiger partial charge in [-0.25, -0.2) is 4.39 Å². The summed E-state index contributed by atoms with van der Waals surface area (Å²) < 4.78 is 45.9. The number of anilines is 1. The summed E-state index contributed by atoms with van der Waals surface area (Å²) in [6, 6.07) is 1.54. The Balaban J connectivity index is 1.70. The van der Waals surface area contributed by atoms with Crippen LogP contribution in [0.3, 0.4) is 0 Å². The van der Waals surface area contributed by atoms with Crippen LogP contribution in [0.2, 0.25) is 0 Å². The molecule has 1 aromatic heterocycles. The number of nitrogens with zero attached hydrogens (tertiary/aromatic N) is 3. The van der Waals surface area contributed by atoms with Crippen LogP contribution in [0.4, 0.5) is 10.1 Å². The Kier molecular flexibility index (Phi) is 5.66. The molecule has 2 aliphatic heterocycles. The van der Waals surface area contributed by atoms with Crippen molar-refractivity contribution in [3.8, 4) is 0 Å². The lowest BCUT2D eigenvalue weighted by atomic mass is 10.0. The molecule has 0 radical (unpaired) electrons. The topological polar surface area (TPSA) is 120 Å². The van der Waals surface area contributed by atoms with Crippen molar-refractivity contribution in [3.05, 3.63) is 23.1 Å². The van der Waals surface area contributed by atoms with Crippen molar-refractivity contribution in [1.29, 1.82) is 0 Å². The molecule has 0 bridgehead atoms. The molecule has 0 spiro atoms. The summed E-state index contributed by atoms with van der Waals surface area (Å²) in [5.41, 5.74) is 0.381. The number of aliphatic hydroxyl groups excluding tert-OH is 1. The van der Waals surface area contributed by atoms with Crippen LogP contribution in [-0.2, 0) is 11.3 Å². The van der Waals surface area contributed by atoms with Crippen LogP contribution in [0, 0.1) is 5.82 Å². The molecule has 11 heteroatoms. The molecular formula is C19H26FN3O6S. The van der Waals surface area contributed by atoms with Gasteiger partial charge in [-0.3, -0.25) is 13.9 Å². The first-order valence-electron chi connectivity index (χ1n) is 9.85. The van der Waals surface area contributed by atoms with Gasteiger partial charge in [0, 0.05) is 31.7 Å². The number of carbonyl (C=O) groups excluding carboxylic acids is 1. The van der Waals surface area contributed by atoms with Gasteiger partial charge in [0.2, 0.25) is 5.58 Å². The number of aliphatic hydroxyl groups is 1. The molecular weight excluding hydrogens is 417 g/mol. The number of ether oxygens (including phenoxy) is 1. The Morgan fingerprint density at radius 3 is 2.50 bits per heavy atom. The lowest BCUT2D eigenvalue weighted by Gasteiger charge is -2.40. The number of hydrogen-bond acceptors (Lipinski definition) is 8. The van der Waals surface area contributed by atoms with Crippen molar-refractivity contribution in [2.24, 2.45) is 0 Å². The highest BCUT2D eigenvalue weighted by atomic mass is 32.3. The molecule has 1 aromatic carbocycles. The summed E-state index contributed by atoms with van der Waals surface area (Å²) in [6.45, 7) is 4.65. The van der Waals surface area contributed by atoms with Gasteiger partial charge < -0.3 is 24.2 Å². The zero-order valence-corrected chi connectivity index (χ0v) is 17.7. The minimum atomic E-state index is -2.65. The van der Waals surface area contributed by atoms with E-state index < -0.39 is 28.9 Å². The Morgan fingerprint density at radius 2 is 1.90 bits per heavy atom. The van der Waals surface area contributed by atoms with Gasteiger partial charge >= 0.3 is 0 Å². The third-order valence-corrected chi connectivity index (χ3v) is 7.20. The number of rotatable bonds is 3. The van der Waals surface area contributed by atoms with Crippen LogP contribution in [-0.4, -0.2) is 80.1 Å². The monoisotopic (exact) mass is 443 g/mol. The number of amides is 1. The number of morpholine rings is 1. The van der Waals surface area contributed by atoms with Gasteiger partial charge in [0.05, 0.1) is 41.4 Å². The molecule has 30 heavy (non-hydrogen) atoms. The first-order chi connectivity index (χ1) is 14.2. The van der Waals surface area contributed by atoms with E-state index in [1.807, 2.05) is 18.7 Å². The van der Waals surface area contributed by atoms with E-state index in [9.17, 15) is 19.0 Å². The van der Waals surface area contributed by atoms with Crippen LogP contribution in [0.15, 0.2) is 10.6 Å². The molecule has 2 aromatic rings. The normalized spacial score (nSPS) is 25.5. The Labute approximate surface area is 174 Å². The van der Waals surface area contributed by atoms with Crippen molar-refractivity contribution >= 4 is 33.2 Å². The van der Waals surface area contributed by atoms with E-state index in [2.05, 4.69) is 5.16 Å². The minimum Gasteiger partial charge on any atom is -0.392 e. The van der Waals surface area contributed by atoms with Gasteiger partial charge in [0.1, 0.15) is 0 Å². The zero-order chi connectivity index (χ0) is 21.6. The number of aromatic nitrogens is 1. The number of hydrogen-bond donors (Lipinski definition) is 3. The second kappa shape index (κ2) is 7.97. The molecule has 0 unspecified atom stereocenters. The van der Waals surface area contributed by atoms with Crippen LogP contribution in [0.25, 0.3) is 11.0 Å². The lowest BCUT2D eigenvalue weighted by Crippen LogP contribution is -2.46. The highest BCUT2D eigenvalue weighted by Gasteiger charge is 2.32. The number of benzene rings is 1. The van der Waals surface area contributed by atoms with Crippen molar-refractivity contribution in [2.75, 3.05) is 42.6 Å². The number of halogens is 1. The average Bonchev–Trinajstić information content (AvgIpc) is 3.10. The molecule has 9 nitrogen and oxygen atoms in total. The van der Waals surface area contributed by atoms with E-state index >= 15 is 4.39 Å².